The topological polar surface area (TPSA) is 43.1 Å². The Morgan fingerprint density at radius 1 is 1.53 bits per heavy atom. The lowest BCUT2D eigenvalue weighted by Gasteiger charge is -2.07. The Kier molecular flexibility index (Phi) is 3.55. The predicted molar refractivity (Wildman–Crippen MR) is 57.3 cm³/mol. The van der Waals surface area contributed by atoms with Gasteiger partial charge < -0.3 is 0 Å². The summed E-state index contributed by atoms with van der Waals surface area (Å²) in [5.74, 6) is -0.580. The molecule has 0 saturated heterocycles. The van der Waals surface area contributed by atoms with Crippen LogP contribution in [-0.4, -0.2) is 11.6 Å². The summed E-state index contributed by atoms with van der Waals surface area (Å²) < 4.78 is 12.4. The second-order valence-electron chi connectivity index (χ2n) is 3.17. The third-order valence-electron chi connectivity index (χ3n) is 2.07. The molecular weight excluding hydrogens is 197 g/mol. The van der Waals surface area contributed by atoms with Gasteiger partial charge in [-0.15, -0.1) is 0 Å². The molecule has 0 aliphatic heterocycles. The van der Waals surface area contributed by atoms with E-state index in [-0.39, 0.29) is 5.69 Å². The number of nitro groups is 1. The number of hydrogen-bond acceptors (Lipinski definition) is 2. The van der Waals surface area contributed by atoms with Crippen molar-refractivity contribution in [3.8, 4) is 0 Å². The van der Waals surface area contributed by atoms with Crippen molar-refractivity contribution in [3.63, 3.8) is 0 Å². The van der Waals surface area contributed by atoms with Crippen LogP contribution in [0.1, 0.15) is 17.0 Å². The third kappa shape index (κ3) is 2.62. The van der Waals surface area contributed by atoms with Crippen LogP contribution in [0.3, 0.4) is 0 Å². The fourth-order valence-electron chi connectivity index (χ4n) is 1.21. The molecule has 0 aliphatic carbocycles. The van der Waals surface area contributed by atoms with Crippen LogP contribution in [0.4, 0.5) is 10.1 Å². The molecule has 0 N–H and O–H groups in total. The highest BCUT2D eigenvalue weighted by Gasteiger charge is 2.12. The molecule has 15 heavy (non-hydrogen) atoms. The van der Waals surface area contributed by atoms with Gasteiger partial charge in [-0.1, -0.05) is 18.7 Å². The van der Waals surface area contributed by atoms with E-state index < -0.39 is 17.5 Å². The second kappa shape index (κ2) is 4.68. The van der Waals surface area contributed by atoms with Crippen molar-refractivity contribution in [3.05, 3.63) is 52.9 Å². The van der Waals surface area contributed by atoms with Crippen molar-refractivity contribution in [1.82, 2.24) is 0 Å². The maximum atomic E-state index is 12.4. The quantitative estimate of drug-likeness (QED) is 0.563. The van der Waals surface area contributed by atoms with Crippen LogP contribution >= 0.6 is 0 Å². The molecule has 0 saturated carbocycles. The molecule has 0 bridgehead atoms. The number of alkyl halides is 1. The van der Waals surface area contributed by atoms with Gasteiger partial charge in [0.2, 0.25) is 0 Å². The van der Waals surface area contributed by atoms with Crippen LogP contribution in [0.25, 0.3) is 6.08 Å². The fraction of sp³-hybridized carbons (Fsp3) is 0.182. The molecular formula is C11H11FNO2. The summed E-state index contributed by atoms with van der Waals surface area (Å²) in [4.78, 5) is 10.1. The smallest absolute Gasteiger partial charge is 0.258 e. The maximum absolute atomic E-state index is 12.4. The van der Waals surface area contributed by atoms with Crippen LogP contribution in [0.15, 0.2) is 24.8 Å². The van der Waals surface area contributed by atoms with Crippen molar-refractivity contribution >= 4 is 11.8 Å². The average Bonchev–Trinajstić information content (AvgIpc) is 2.27. The van der Waals surface area contributed by atoms with Gasteiger partial charge in [0.1, 0.15) is 0 Å². The molecule has 79 valence electrons. The van der Waals surface area contributed by atoms with Crippen LogP contribution in [0.5, 0.6) is 0 Å². The van der Waals surface area contributed by atoms with Gasteiger partial charge in [0.15, 0.2) is 0 Å². The van der Waals surface area contributed by atoms with Crippen LogP contribution in [0, 0.1) is 17.0 Å². The second-order valence-corrected chi connectivity index (χ2v) is 3.17. The van der Waals surface area contributed by atoms with Gasteiger partial charge in [0.25, 0.3) is 5.69 Å². The van der Waals surface area contributed by atoms with Crippen molar-refractivity contribution in [2.24, 2.45) is 0 Å². The molecule has 0 heterocycles. The molecule has 1 atom stereocenters. The minimum atomic E-state index is -0.641. The van der Waals surface area contributed by atoms with Crippen LogP contribution < -0.4 is 0 Å². The first-order chi connectivity index (χ1) is 7.08. The van der Waals surface area contributed by atoms with E-state index in [1.54, 1.807) is 6.07 Å². The van der Waals surface area contributed by atoms with Gasteiger partial charge in [-0.05, 0) is 18.1 Å². The van der Waals surface area contributed by atoms with Crippen molar-refractivity contribution in [2.45, 2.75) is 5.92 Å². The lowest BCUT2D eigenvalue weighted by molar-refractivity contribution is -0.384. The Labute approximate surface area is 87.4 Å². The SMILES string of the molecule is [CH2]C(CF)c1cc(C=C)cc([N+](=O)[O-])c1. The highest BCUT2D eigenvalue weighted by atomic mass is 19.1. The van der Waals surface area contributed by atoms with Gasteiger partial charge in [0, 0.05) is 18.1 Å². The van der Waals surface area contributed by atoms with Crippen LogP contribution in [0.2, 0.25) is 0 Å². The normalized spacial score (nSPS) is 12.1. The molecule has 1 rings (SSSR count). The average molecular weight is 208 g/mol. The minimum absolute atomic E-state index is 0.0653. The molecule has 1 radical (unpaired) electrons. The van der Waals surface area contributed by atoms with Gasteiger partial charge in [-0.25, -0.2) is 0 Å². The van der Waals surface area contributed by atoms with Crippen molar-refractivity contribution in [1.29, 1.82) is 0 Å². The standard InChI is InChI=1S/C11H11FNO2/c1-3-9-4-10(8(2)7-12)6-11(5-9)13(14)15/h3-6,8H,1-2,7H2. The first-order valence-corrected chi connectivity index (χ1v) is 4.39. The summed E-state index contributed by atoms with van der Waals surface area (Å²) in [7, 11) is 0. The van der Waals surface area contributed by atoms with E-state index in [9.17, 15) is 14.5 Å². The number of halogens is 1. The molecule has 1 unspecified atom stereocenters. The van der Waals surface area contributed by atoms with Gasteiger partial charge in [0.05, 0.1) is 11.6 Å². The molecule has 1 aromatic rings. The largest absolute Gasteiger partial charge is 0.270 e. The molecule has 0 spiro atoms. The number of hydrogen-bond donors (Lipinski definition) is 0. The monoisotopic (exact) mass is 208 g/mol. The predicted octanol–water partition coefficient (Wildman–Crippen LogP) is 3.12. The van der Waals surface area contributed by atoms with Crippen molar-refractivity contribution < 1.29 is 9.31 Å². The summed E-state index contributed by atoms with van der Waals surface area (Å²) in [6.07, 6.45) is 1.49. The zero-order chi connectivity index (χ0) is 11.4. The van der Waals surface area contributed by atoms with E-state index in [1.807, 2.05) is 0 Å². The van der Waals surface area contributed by atoms with E-state index in [0.717, 1.165) is 0 Å². The van der Waals surface area contributed by atoms with E-state index in [2.05, 4.69) is 13.5 Å². The summed E-state index contributed by atoms with van der Waals surface area (Å²) in [6, 6.07) is 4.38. The lowest BCUT2D eigenvalue weighted by atomic mass is 9.99. The summed E-state index contributed by atoms with van der Waals surface area (Å²) in [5, 5.41) is 10.6. The van der Waals surface area contributed by atoms with E-state index in [4.69, 9.17) is 0 Å². The molecule has 0 fully saturated rings. The Morgan fingerprint density at radius 2 is 2.20 bits per heavy atom. The lowest BCUT2D eigenvalue weighted by Crippen LogP contribution is -1.98. The molecule has 0 aromatic heterocycles. The summed E-state index contributed by atoms with van der Waals surface area (Å²) >= 11 is 0. The third-order valence-corrected chi connectivity index (χ3v) is 2.07. The first kappa shape index (κ1) is 11.4. The fourth-order valence-corrected chi connectivity index (χ4v) is 1.21. The maximum Gasteiger partial charge on any atom is 0.270 e. The van der Waals surface area contributed by atoms with Crippen LogP contribution in [-0.2, 0) is 0 Å². The minimum Gasteiger partial charge on any atom is -0.258 e. The van der Waals surface area contributed by atoms with E-state index in [1.165, 1.54) is 18.2 Å². The summed E-state index contributed by atoms with van der Waals surface area (Å²) in [6.45, 7) is 6.45. The highest BCUT2D eigenvalue weighted by Crippen LogP contribution is 2.23. The first-order valence-electron chi connectivity index (χ1n) is 4.39. The highest BCUT2D eigenvalue weighted by molar-refractivity contribution is 5.54. The molecule has 0 amide bonds. The molecule has 3 nitrogen and oxygen atoms in total. The van der Waals surface area contributed by atoms with Gasteiger partial charge in [-0.3, -0.25) is 14.5 Å². The number of nitro benzene ring substituents is 1. The Hall–Kier alpha value is -1.71. The zero-order valence-corrected chi connectivity index (χ0v) is 8.15. The molecule has 0 aliphatic rings. The molecule has 1 aromatic carbocycles. The van der Waals surface area contributed by atoms with E-state index in [0.29, 0.717) is 11.1 Å². The Morgan fingerprint density at radius 3 is 2.67 bits per heavy atom. The Balaban J connectivity index is 3.22. The number of rotatable bonds is 4. The van der Waals surface area contributed by atoms with Gasteiger partial charge >= 0.3 is 0 Å². The zero-order valence-electron chi connectivity index (χ0n) is 8.15. The number of nitrogens with zero attached hydrogens (tertiary/aromatic N) is 1. The Bertz CT molecular complexity index is 390. The number of non-ortho nitro benzene ring substituents is 1. The number of benzene rings is 1. The van der Waals surface area contributed by atoms with Crippen molar-refractivity contribution in [2.75, 3.05) is 6.67 Å². The molecule has 4 heteroatoms. The van der Waals surface area contributed by atoms with E-state index >= 15 is 0 Å². The summed E-state index contributed by atoms with van der Waals surface area (Å²) in [5.41, 5.74) is 1.05. The van der Waals surface area contributed by atoms with Gasteiger partial charge in [-0.2, -0.15) is 0 Å².